The number of anilines is 1. The fourth-order valence-corrected chi connectivity index (χ4v) is 4.19. The Hall–Kier alpha value is -2.34. The standard InChI is InChI=1S/C18H19NO4S/c1-14-6-8-15(9-7-14)13-23-18(20)16-4-2-5-17(12-16)19-10-3-11-24(19,21)22/h2,4-9,12H,3,10-11,13H2,1H3. The maximum absolute atomic E-state index is 12.2. The molecule has 0 amide bonds. The molecule has 6 heteroatoms. The lowest BCUT2D eigenvalue weighted by atomic mass is 10.1. The van der Waals surface area contributed by atoms with Crippen molar-refractivity contribution < 1.29 is 17.9 Å². The summed E-state index contributed by atoms with van der Waals surface area (Å²) >= 11 is 0. The van der Waals surface area contributed by atoms with Crippen LogP contribution in [0, 0.1) is 6.92 Å². The van der Waals surface area contributed by atoms with Gasteiger partial charge in [0.25, 0.3) is 0 Å². The molecule has 1 fully saturated rings. The Balaban J connectivity index is 1.71. The summed E-state index contributed by atoms with van der Waals surface area (Å²) in [5.74, 6) is -0.316. The van der Waals surface area contributed by atoms with Gasteiger partial charge in [-0.1, -0.05) is 35.9 Å². The van der Waals surface area contributed by atoms with Crippen molar-refractivity contribution in [3.05, 3.63) is 65.2 Å². The molecule has 24 heavy (non-hydrogen) atoms. The molecule has 0 spiro atoms. The smallest absolute Gasteiger partial charge is 0.338 e. The molecule has 0 aromatic heterocycles. The number of aryl methyl sites for hydroxylation is 1. The van der Waals surface area contributed by atoms with Gasteiger partial charge in [-0.05, 0) is 37.1 Å². The predicted molar refractivity (Wildman–Crippen MR) is 92.5 cm³/mol. The van der Waals surface area contributed by atoms with E-state index in [1.807, 2.05) is 31.2 Å². The fraction of sp³-hybridized carbons (Fsp3) is 0.278. The van der Waals surface area contributed by atoms with Crippen molar-refractivity contribution >= 4 is 21.7 Å². The molecule has 1 heterocycles. The van der Waals surface area contributed by atoms with Crippen LogP contribution in [0.2, 0.25) is 0 Å². The molecular weight excluding hydrogens is 326 g/mol. The molecule has 126 valence electrons. The second kappa shape index (κ2) is 6.65. The maximum atomic E-state index is 12.2. The Morgan fingerprint density at radius 3 is 2.58 bits per heavy atom. The van der Waals surface area contributed by atoms with Gasteiger partial charge in [0.1, 0.15) is 6.61 Å². The highest BCUT2D eigenvalue weighted by atomic mass is 32.2. The third kappa shape index (κ3) is 3.59. The van der Waals surface area contributed by atoms with Crippen LogP contribution in [-0.4, -0.2) is 26.7 Å². The van der Waals surface area contributed by atoms with E-state index in [1.54, 1.807) is 24.3 Å². The van der Waals surface area contributed by atoms with Gasteiger partial charge in [-0.2, -0.15) is 0 Å². The molecule has 0 saturated carbocycles. The number of carbonyl (C=O) groups excluding carboxylic acids is 1. The zero-order valence-electron chi connectivity index (χ0n) is 13.4. The highest BCUT2D eigenvalue weighted by Gasteiger charge is 2.28. The van der Waals surface area contributed by atoms with Crippen molar-refractivity contribution in [1.82, 2.24) is 0 Å². The molecule has 5 nitrogen and oxygen atoms in total. The molecule has 1 saturated heterocycles. The van der Waals surface area contributed by atoms with Gasteiger partial charge in [0.2, 0.25) is 10.0 Å². The van der Waals surface area contributed by atoms with E-state index in [0.29, 0.717) is 24.2 Å². The SMILES string of the molecule is Cc1ccc(COC(=O)c2cccc(N3CCCS3(=O)=O)c2)cc1. The summed E-state index contributed by atoms with van der Waals surface area (Å²) in [7, 11) is -3.26. The Morgan fingerprint density at radius 2 is 1.92 bits per heavy atom. The number of benzene rings is 2. The Bertz CT molecular complexity index is 844. The highest BCUT2D eigenvalue weighted by Crippen LogP contribution is 2.25. The summed E-state index contributed by atoms with van der Waals surface area (Å²) in [5.41, 5.74) is 2.91. The summed E-state index contributed by atoms with van der Waals surface area (Å²) < 4.78 is 30.7. The van der Waals surface area contributed by atoms with Gasteiger partial charge in [0.05, 0.1) is 17.0 Å². The second-order valence-corrected chi connectivity index (χ2v) is 7.87. The first-order chi connectivity index (χ1) is 11.5. The lowest BCUT2D eigenvalue weighted by Gasteiger charge is -2.17. The van der Waals surface area contributed by atoms with E-state index in [1.165, 1.54) is 4.31 Å². The maximum Gasteiger partial charge on any atom is 0.338 e. The van der Waals surface area contributed by atoms with Crippen molar-refractivity contribution in [2.75, 3.05) is 16.6 Å². The van der Waals surface area contributed by atoms with Crippen molar-refractivity contribution in [2.45, 2.75) is 20.0 Å². The van der Waals surface area contributed by atoms with Crippen LogP contribution < -0.4 is 4.31 Å². The van der Waals surface area contributed by atoms with Crippen LogP contribution in [0.5, 0.6) is 0 Å². The zero-order chi connectivity index (χ0) is 17.2. The minimum Gasteiger partial charge on any atom is -0.457 e. The van der Waals surface area contributed by atoms with E-state index in [2.05, 4.69) is 0 Å². The van der Waals surface area contributed by atoms with Crippen LogP contribution in [-0.2, 0) is 21.4 Å². The number of rotatable bonds is 4. The Labute approximate surface area is 141 Å². The number of esters is 1. The lowest BCUT2D eigenvalue weighted by Crippen LogP contribution is -2.25. The zero-order valence-corrected chi connectivity index (χ0v) is 14.3. The Morgan fingerprint density at radius 1 is 1.17 bits per heavy atom. The van der Waals surface area contributed by atoms with Gasteiger partial charge in [-0.15, -0.1) is 0 Å². The summed E-state index contributed by atoms with van der Waals surface area (Å²) in [5, 5.41) is 0. The topological polar surface area (TPSA) is 63.7 Å². The molecule has 2 aromatic rings. The average molecular weight is 345 g/mol. The predicted octanol–water partition coefficient (Wildman–Crippen LogP) is 2.89. The molecule has 0 aliphatic carbocycles. The van der Waals surface area contributed by atoms with Gasteiger partial charge < -0.3 is 4.74 Å². The molecule has 0 N–H and O–H groups in total. The third-order valence-electron chi connectivity index (χ3n) is 3.96. The van der Waals surface area contributed by atoms with Crippen molar-refractivity contribution in [2.24, 2.45) is 0 Å². The summed E-state index contributed by atoms with van der Waals surface area (Å²) in [6.07, 6.45) is 0.602. The summed E-state index contributed by atoms with van der Waals surface area (Å²) in [6, 6.07) is 14.3. The second-order valence-electron chi connectivity index (χ2n) is 5.85. The van der Waals surface area contributed by atoms with Gasteiger partial charge in [-0.25, -0.2) is 13.2 Å². The number of hydrogen-bond donors (Lipinski definition) is 0. The molecule has 1 aliphatic rings. The van der Waals surface area contributed by atoms with Crippen LogP contribution in [0.3, 0.4) is 0 Å². The van der Waals surface area contributed by atoms with Gasteiger partial charge >= 0.3 is 5.97 Å². The fourth-order valence-electron chi connectivity index (χ4n) is 2.63. The van der Waals surface area contributed by atoms with E-state index >= 15 is 0 Å². The van der Waals surface area contributed by atoms with Crippen molar-refractivity contribution in [3.63, 3.8) is 0 Å². The van der Waals surface area contributed by atoms with Crippen LogP contribution >= 0.6 is 0 Å². The first kappa shape index (κ1) is 16.5. The highest BCUT2D eigenvalue weighted by molar-refractivity contribution is 7.93. The average Bonchev–Trinajstić information content (AvgIpc) is 2.93. The van der Waals surface area contributed by atoms with Crippen molar-refractivity contribution in [1.29, 1.82) is 0 Å². The molecule has 3 rings (SSSR count). The molecule has 0 unspecified atom stereocenters. The van der Waals surface area contributed by atoms with Crippen molar-refractivity contribution in [3.8, 4) is 0 Å². The van der Waals surface area contributed by atoms with E-state index < -0.39 is 16.0 Å². The molecule has 2 aromatic carbocycles. The van der Waals surface area contributed by atoms with Crippen LogP contribution in [0.25, 0.3) is 0 Å². The monoisotopic (exact) mass is 345 g/mol. The lowest BCUT2D eigenvalue weighted by molar-refractivity contribution is 0.0472. The van der Waals surface area contributed by atoms with E-state index in [4.69, 9.17) is 4.74 Å². The van der Waals surface area contributed by atoms with E-state index in [0.717, 1.165) is 11.1 Å². The summed E-state index contributed by atoms with van der Waals surface area (Å²) in [4.78, 5) is 12.2. The molecule has 0 atom stereocenters. The number of ether oxygens (including phenoxy) is 1. The minimum atomic E-state index is -3.26. The van der Waals surface area contributed by atoms with E-state index in [9.17, 15) is 13.2 Å². The number of carbonyl (C=O) groups is 1. The van der Waals surface area contributed by atoms with E-state index in [-0.39, 0.29) is 12.4 Å². The van der Waals surface area contributed by atoms with Gasteiger partial charge in [0, 0.05) is 6.54 Å². The van der Waals surface area contributed by atoms with Gasteiger partial charge in [0.15, 0.2) is 0 Å². The first-order valence-corrected chi connectivity index (χ1v) is 9.40. The number of sulfonamides is 1. The largest absolute Gasteiger partial charge is 0.457 e. The number of hydrogen-bond acceptors (Lipinski definition) is 4. The molecular formula is C18H19NO4S. The Kier molecular flexibility index (Phi) is 4.57. The molecule has 0 bridgehead atoms. The normalized spacial score (nSPS) is 16.1. The number of nitrogens with zero attached hydrogens (tertiary/aromatic N) is 1. The van der Waals surface area contributed by atoms with Crippen LogP contribution in [0.15, 0.2) is 48.5 Å². The first-order valence-electron chi connectivity index (χ1n) is 7.79. The quantitative estimate of drug-likeness (QED) is 0.799. The third-order valence-corrected chi connectivity index (χ3v) is 5.83. The van der Waals surface area contributed by atoms with Crippen LogP contribution in [0.4, 0.5) is 5.69 Å². The van der Waals surface area contributed by atoms with Crippen LogP contribution in [0.1, 0.15) is 27.9 Å². The minimum absolute atomic E-state index is 0.148. The summed E-state index contributed by atoms with van der Waals surface area (Å²) in [6.45, 7) is 2.63. The van der Waals surface area contributed by atoms with Gasteiger partial charge in [-0.3, -0.25) is 4.31 Å². The molecule has 1 aliphatic heterocycles. The molecule has 0 radical (unpaired) electrons.